The maximum atomic E-state index is 13.9. The molecule has 1 saturated carbocycles. The van der Waals surface area contributed by atoms with Crippen LogP contribution in [0.3, 0.4) is 0 Å². The molecular weight excluding hydrogens is 267 g/mol. The van der Waals surface area contributed by atoms with Crippen molar-refractivity contribution in [2.45, 2.75) is 38.3 Å². The van der Waals surface area contributed by atoms with Gasteiger partial charge in [-0.1, -0.05) is 18.0 Å². The molecule has 1 aromatic rings. The van der Waals surface area contributed by atoms with Crippen molar-refractivity contribution in [2.75, 3.05) is 5.32 Å². The van der Waals surface area contributed by atoms with Crippen molar-refractivity contribution >= 4 is 17.4 Å². The number of aromatic nitrogens is 1. The van der Waals surface area contributed by atoms with Crippen molar-refractivity contribution in [1.82, 2.24) is 4.98 Å². The summed E-state index contributed by atoms with van der Waals surface area (Å²) in [7, 11) is 0. The quantitative estimate of drug-likeness (QED) is 0.833. The van der Waals surface area contributed by atoms with Gasteiger partial charge >= 0.3 is 0 Å². The molecule has 0 aliphatic heterocycles. The smallest absolute Gasteiger partial charge is 0.166 e. The Labute approximate surface area is 116 Å². The predicted octanol–water partition coefficient (Wildman–Crippen LogP) is 2.67. The van der Waals surface area contributed by atoms with Gasteiger partial charge in [-0.2, -0.15) is 5.26 Å². The molecule has 1 fully saturated rings. The third-order valence-electron chi connectivity index (χ3n) is 3.58. The van der Waals surface area contributed by atoms with Crippen LogP contribution in [0.25, 0.3) is 0 Å². The van der Waals surface area contributed by atoms with Crippen LogP contribution >= 0.6 is 11.6 Å². The van der Waals surface area contributed by atoms with Crippen molar-refractivity contribution in [3.8, 4) is 6.07 Å². The molecule has 0 saturated heterocycles. The van der Waals surface area contributed by atoms with E-state index < -0.39 is 5.82 Å². The summed E-state index contributed by atoms with van der Waals surface area (Å²) in [6.45, 7) is 1.89. The van der Waals surface area contributed by atoms with Crippen LogP contribution in [-0.4, -0.2) is 17.1 Å². The summed E-state index contributed by atoms with van der Waals surface area (Å²) in [5, 5.41) is 11.8. The zero-order valence-electron chi connectivity index (χ0n) is 10.7. The third kappa shape index (κ3) is 2.96. The first-order valence-electron chi connectivity index (χ1n) is 6.31. The van der Waals surface area contributed by atoms with Gasteiger partial charge in [-0.05, 0) is 31.7 Å². The molecule has 1 heterocycles. The minimum Gasteiger partial charge on any atom is -0.363 e. The number of hydrogen-bond acceptors (Lipinski definition) is 4. The van der Waals surface area contributed by atoms with Gasteiger partial charge in [0.15, 0.2) is 11.6 Å². The molecule has 0 radical (unpaired) electrons. The second kappa shape index (κ2) is 5.72. The summed E-state index contributed by atoms with van der Waals surface area (Å²) in [5.74, 6) is -0.0697. The molecule has 0 amide bonds. The topological polar surface area (TPSA) is 74.7 Å². The van der Waals surface area contributed by atoms with Crippen LogP contribution in [-0.2, 0) is 0 Å². The Balaban J connectivity index is 2.22. The normalized spacial score (nSPS) is 18.3. The average Bonchev–Trinajstić information content (AvgIpc) is 2.29. The lowest BCUT2D eigenvalue weighted by atomic mass is 9.77. The summed E-state index contributed by atoms with van der Waals surface area (Å²) in [6.07, 6.45) is 3.36. The molecule has 3 N–H and O–H groups in total. The fraction of sp³-hybridized carbons (Fsp3) is 0.538. The molecule has 19 heavy (non-hydrogen) atoms. The summed E-state index contributed by atoms with van der Waals surface area (Å²) in [5.41, 5.74) is 5.97. The SMILES string of the molecule is C[C@H](N)[C@H](Nc1nc(Cl)c(C#N)cc1F)C1CCC1. The number of nitrogens with one attached hydrogen (secondary N) is 1. The Kier molecular flexibility index (Phi) is 4.23. The van der Waals surface area contributed by atoms with Crippen LogP contribution in [0.1, 0.15) is 31.7 Å². The molecule has 4 nitrogen and oxygen atoms in total. The van der Waals surface area contributed by atoms with Crippen LogP contribution in [0.5, 0.6) is 0 Å². The van der Waals surface area contributed by atoms with E-state index in [9.17, 15) is 4.39 Å². The molecule has 1 aliphatic carbocycles. The number of halogens is 2. The first-order chi connectivity index (χ1) is 9.02. The Bertz CT molecular complexity index is 508. The summed E-state index contributed by atoms with van der Waals surface area (Å²) in [4.78, 5) is 3.91. The number of rotatable bonds is 4. The van der Waals surface area contributed by atoms with Crippen molar-refractivity contribution in [3.63, 3.8) is 0 Å². The summed E-state index contributed by atoms with van der Waals surface area (Å²) in [6, 6.07) is 2.75. The lowest BCUT2D eigenvalue weighted by Crippen LogP contribution is -2.46. The van der Waals surface area contributed by atoms with E-state index in [-0.39, 0.29) is 28.6 Å². The van der Waals surface area contributed by atoms with E-state index in [1.807, 2.05) is 6.92 Å². The Hall–Kier alpha value is -1.38. The molecule has 2 atom stereocenters. The highest BCUT2D eigenvalue weighted by molar-refractivity contribution is 6.30. The predicted molar refractivity (Wildman–Crippen MR) is 72.3 cm³/mol. The van der Waals surface area contributed by atoms with Crippen LogP contribution < -0.4 is 11.1 Å². The van der Waals surface area contributed by atoms with E-state index in [2.05, 4.69) is 10.3 Å². The second-order valence-corrected chi connectivity index (χ2v) is 5.35. The maximum absolute atomic E-state index is 13.9. The molecule has 2 rings (SSSR count). The third-order valence-corrected chi connectivity index (χ3v) is 3.87. The molecule has 1 aromatic heterocycles. The molecule has 0 aromatic carbocycles. The highest BCUT2D eigenvalue weighted by atomic mass is 35.5. The maximum Gasteiger partial charge on any atom is 0.166 e. The van der Waals surface area contributed by atoms with Crippen molar-refractivity contribution in [1.29, 1.82) is 5.26 Å². The molecule has 102 valence electrons. The number of anilines is 1. The lowest BCUT2D eigenvalue weighted by Gasteiger charge is -2.37. The van der Waals surface area contributed by atoms with Crippen LogP contribution in [0.4, 0.5) is 10.2 Å². The number of pyridine rings is 1. The van der Waals surface area contributed by atoms with Gasteiger partial charge in [0.2, 0.25) is 0 Å². The van der Waals surface area contributed by atoms with E-state index >= 15 is 0 Å². The summed E-state index contributed by atoms with van der Waals surface area (Å²) < 4.78 is 13.9. The highest BCUT2D eigenvalue weighted by Crippen LogP contribution is 2.33. The van der Waals surface area contributed by atoms with Gasteiger partial charge in [0.25, 0.3) is 0 Å². The van der Waals surface area contributed by atoms with Crippen molar-refractivity contribution in [2.24, 2.45) is 11.7 Å². The second-order valence-electron chi connectivity index (χ2n) is 4.99. The first kappa shape index (κ1) is 14.0. The molecule has 1 aliphatic rings. The van der Waals surface area contributed by atoms with Crippen LogP contribution in [0.15, 0.2) is 6.07 Å². The minimum atomic E-state index is -0.578. The van der Waals surface area contributed by atoms with Crippen molar-refractivity contribution in [3.05, 3.63) is 22.6 Å². The number of hydrogen-bond donors (Lipinski definition) is 2. The number of nitrogens with two attached hydrogens (primary N) is 1. The average molecular weight is 283 g/mol. The Morgan fingerprint density at radius 3 is 2.79 bits per heavy atom. The Morgan fingerprint density at radius 2 is 2.32 bits per heavy atom. The zero-order valence-corrected chi connectivity index (χ0v) is 11.4. The summed E-state index contributed by atoms with van der Waals surface area (Å²) >= 11 is 5.82. The van der Waals surface area contributed by atoms with Gasteiger partial charge in [-0.3, -0.25) is 0 Å². The van der Waals surface area contributed by atoms with Crippen LogP contribution in [0.2, 0.25) is 5.15 Å². The largest absolute Gasteiger partial charge is 0.363 e. The van der Waals surface area contributed by atoms with Gasteiger partial charge < -0.3 is 11.1 Å². The van der Waals surface area contributed by atoms with Gasteiger partial charge in [-0.15, -0.1) is 0 Å². The van der Waals surface area contributed by atoms with Crippen molar-refractivity contribution < 1.29 is 4.39 Å². The number of nitriles is 1. The minimum absolute atomic E-state index is 0.00318. The van der Waals surface area contributed by atoms with Crippen LogP contribution in [0, 0.1) is 23.1 Å². The van der Waals surface area contributed by atoms with Gasteiger partial charge in [-0.25, -0.2) is 9.37 Å². The van der Waals surface area contributed by atoms with E-state index in [0.29, 0.717) is 5.92 Å². The van der Waals surface area contributed by atoms with E-state index in [1.54, 1.807) is 6.07 Å². The van der Waals surface area contributed by atoms with Gasteiger partial charge in [0.05, 0.1) is 5.56 Å². The zero-order chi connectivity index (χ0) is 14.0. The number of nitrogens with zero attached hydrogens (tertiary/aromatic N) is 2. The molecule has 0 spiro atoms. The Morgan fingerprint density at radius 1 is 1.63 bits per heavy atom. The standard InChI is InChI=1S/C13H16ClFN4/c1-7(17)11(8-3-2-4-8)18-13-10(15)5-9(6-16)12(14)19-13/h5,7-8,11H,2-4,17H2,1H3,(H,18,19)/t7-,11-/m0/s1. The highest BCUT2D eigenvalue weighted by Gasteiger charge is 2.30. The molecular formula is C13H16ClFN4. The molecule has 0 bridgehead atoms. The fourth-order valence-corrected chi connectivity index (χ4v) is 2.46. The lowest BCUT2D eigenvalue weighted by molar-refractivity contribution is 0.255. The van der Waals surface area contributed by atoms with E-state index in [0.717, 1.165) is 18.9 Å². The van der Waals surface area contributed by atoms with Gasteiger partial charge in [0.1, 0.15) is 11.2 Å². The van der Waals surface area contributed by atoms with E-state index in [1.165, 1.54) is 6.42 Å². The monoisotopic (exact) mass is 282 g/mol. The molecule has 0 unspecified atom stereocenters. The van der Waals surface area contributed by atoms with Gasteiger partial charge in [0, 0.05) is 12.1 Å². The molecule has 6 heteroatoms. The van der Waals surface area contributed by atoms with E-state index in [4.69, 9.17) is 22.6 Å². The fourth-order valence-electron chi connectivity index (χ4n) is 2.28. The first-order valence-corrected chi connectivity index (χ1v) is 6.69.